The minimum atomic E-state index is 0.0980. The van der Waals surface area contributed by atoms with Crippen LogP contribution in [0.25, 0.3) is 0 Å². The van der Waals surface area contributed by atoms with Gasteiger partial charge in [0.25, 0.3) is 5.89 Å². The van der Waals surface area contributed by atoms with Gasteiger partial charge in [0.05, 0.1) is 0 Å². The van der Waals surface area contributed by atoms with Crippen LogP contribution < -0.4 is 4.74 Å². The van der Waals surface area contributed by atoms with E-state index in [2.05, 4.69) is 17.1 Å². The molecule has 90 valence electrons. The summed E-state index contributed by atoms with van der Waals surface area (Å²) in [5.74, 6) is 1.60. The van der Waals surface area contributed by atoms with E-state index in [0.717, 1.165) is 12.8 Å². The lowest BCUT2D eigenvalue weighted by atomic mass is 10.3. The largest absolute Gasteiger partial charge is 0.504 e. The molecule has 5 heteroatoms. The molecule has 0 aliphatic rings. The van der Waals surface area contributed by atoms with Crippen LogP contribution in [0, 0.1) is 0 Å². The number of aromatic hydroxyl groups is 1. The Labute approximate surface area is 99.0 Å². The standard InChI is InChI=1S/C12H14N2O3/c1-2-5-11-13-12(17-14-11)8-16-10-7-4-3-6-9(10)15/h3-4,6-7,15H,2,5,8H2,1H3. The topological polar surface area (TPSA) is 68.4 Å². The molecule has 2 rings (SSSR count). The van der Waals surface area contributed by atoms with E-state index >= 15 is 0 Å². The maximum absolute atomic E-state index is 9.49. The predicted molar refractivity (Wildman–Crippen MR) is 60.7 cm³/mol. The first kappa shape index (κ1) is 11.4. The fraction of sp³-hybridized carbons (Fsp3) is 0.333. The molecule has 5 nitrogen and oxygen atoms in total. The fourth-order valence-electron chi connectivity index (χ4n) is 1.39. The number of nitrogens with zero attached hydrogens (tertiary/aromatic N) is 2. The highest BCUT2D eigenvalue weighted by atomic mass is 16.5. The first-order chi connectivity index (χ1) is 8.29. The molecule has 0 amide bonds. The molecule has 0 bridgehead atoms. The van der Waals surface area contributed by atoms with Crippen LogP contribution in [-0.2, 0) is 13.0 Å². The molecule has 1 aromatic carbocycles. The minimum Gasteiger partial charge on any atom is -0.504 e. The summed E-state index contributed by atoms with van der Waals surface area (Å²) in [7, 11) is 0. The summed E-state index contributed by atoms with van der Waals surface area (Å²) in [6, 6.07) is 6.75. The van der Waals surface area contributed by atoms with Crippen molar-refractivity contribution in [1.29, 1.82) is 0 Å². The molecule has 0 unspecified atom stereocenters. The summed E-state index contributed by atoms with van der Waals surface area (Å²) >= 11 is 0. The number of para-hydroxylation sites is 2. The third kappa shape index (κ3) is 2.96. The molecule has 2 aromatic rings. The Morgan fingerprint density at radius 2 is 2.18 bits per heavy atom. The Kier molecular flexibility index (Phi) is 3.59. The Morgan fingerprint density at radius 3 is 2.94 bits per heavy atom. The molecule has 0 radical (unpaired) electrons. The number of rotatable bonds is 5. The molecule has 0 spiro atoms. The van der Waals surface area contributed by atoms with Gasteiger partial charge in [0.15, 0.2) is 23.9 Å². The van der Waals surface area contributed by atoms with Crippen molar-refractivity contribution in [3.05, 3.63) is 36.0 Å². The van der Waals surface area contributed by atoms with Crippen molar-refractivity contribution < 1.29 is 14.4 Å². The van der Waals surface area contributed by atoms with Gasteiger partial charge in [-0.3, -0.25) is 0 Å². The maximum Gasteiger partial charge on any atom is 0.264 e. The summed E-state index contributed by atoms with van der Waals surface area (Å²) in [5, 5.41) is 13.3. The summed E-state index contributed by atoms with van der Waals surface area (Å²) in [5.41, 5.74) is 0. The van der Waals surface area contributed by atoms with E-state index in [1.165, 1.54) is 0 Å². The summed E-state index contributed by atoms with van der Waals surface area (Å²) in [6.07, 6.45) is 1.76. The lowest BCUT2D eigenvalue weighted by molar-refractivity contribution is 0.234. The Balaban J connectivity index is 1.95. The van der Waals surface area contributed by atoms with E-state index in [1.54, 1.807) is 24.3 Å². The van der Waals surface area contributed by atoms with Crippen molar-refractivity contribution in [2.75, 3.05) is 0 Å². The van der Waals surface area contributed by atoms with Crippen LogP contribution in [0.2, 0.25) is 0 Å². The molecule has 0 saturated heterocycles. The van der Waals surface area contributed by atoms with Gasteiger partial charge in [-0.25, -0.2) is 0 Å². The van der Waals surface area contributed by atoms with Gasteiger partial charge in [0.1, 0.15) is 0 Å². The Hall–Kier alpha value is -2.04. The molecule has 0 saturated carbocycles. The zero-order valence-corrected chi connectivity index (χ0v) is 9.59. The average Bonchev–Trinajstić information content (AvgIpc) is 2.76. The summed E-state index contributed by atoms with van der Waals surface area (Å²) in [4.78, 5) is 4.16. The quantitative estimate of drug-likeness (QED) is 0.859. The van der Waals surface area contributed by atoms with Crippen LogP contribution in [0.4, 0.5) is 0 Å². The molecular weight excluding hydrogens is 220 g/mol. The molecule has 0 aliphatic heterocycles. The number of aryl methyl sites for hydroxylation is 1. The molecular formula is C12H14N2O3. The fourth-order valence-corrected chi connectivity index (χ4v) is 1.39. The van der Waals surface area contributed by atoms with Gasteiger partial charge in [-0.1, -0.05) is 24.2 Å². The van der Waals surface area contributed by atoms with Crippen molar-refractivity contribution in [1.82, 2.24) is 10.1 Å². The number of phenols is 1. The number of phenolic OH excluding ortho intramolecular Hbond substituents is 1. The zero-order chi connectivity index (χ0) is 12.1. The van der Waals surface area contributed by atoms with Crippen molar-refractivity contribution in [3.8, 4) is 11.5 Å². The van der Waals surface area contributed by atoms with E-state index in [9.17, 15) is 5.11 Å². The highest BCUT2D eigenvalue weighted by molar-refractivity contribution is 5.37. The third-order valence-electron chi connectivity index (χ3n) is 2.20. The molecule has 1 aromatic heterocycles. The average molecular weight is 234 g/mol. The van der Waals surface area contributed by atoms with E-state index in [-0.39, 0.29) is 12.4 Å². The number of benzene rings is 1. The highest BCUT2D eigenvalue weighted by Crippen LogP contribution is 2.24. The van der Waals surface area contributed by atoms with Crippen LogP contribution in [0.1, 0.15) is 25.1 Å². The van der Waals surface area contributed by atoms with Crippen LogP contribution >= 0.6 is 0 Å². The van der Waals surface area contributed by atoms with Gasteiger partial charge in [0, 0.05) is 6.42 Å². The maximum atomic E-state index is 9.49. The van der Waals surface area contributed by atoms with Gasteiger partial charge in [-0.15, -0.1) is 0 Å². The van der Waals surface area contributed by atoms with Crippen molar-refractivity contribution in [2.24, 2.45) is 0 Å². The normalized spacial score (nSPS) is 10.4. The van der Waals surface area contributed by atoms with E-state index in [0.29, 0.717) is 17.5 Å². The number of hydrogen-bond donors (Lipinski definition) is 1. The molecule has 0 atom stereocenters. The monoisotopic (exact) mass is 234 g/mol. The minimum absolute atomic E-state index is 0.0980. The molecule has 0 aliphatic carbocycles. The lowest BCUT2D eigenvalue weighted by Gasteiger charge is -2.04. The van der Waals surface area contributed by atoms with Gasteiger partial charge < -0.3 is 14.4 Å². The van der Waals surface area contributed by atoms with Gasteiger partial charge in [0.2, 0.25) is 0 Å². The van der Waals surface area contributed by atoms with Crippen LogP contribution in [0.5, 0.6) is 11.5 Å². The Bertz CT molecular complexity index is 482. The second kappa shape index (κ2) is 5.34. The molecule has 1 N–H and O–H groups in total. The smallest absolute Gasteiger partial charge is 0.264 e. The molecule has 17 heavy (non-hydrogen) atoms. The second-order valence-electron chi connectivity index (χ2n) is 3.61. The molecule has 0 fully saturated rings. The predicted octanol–water partition coefficient (Wildman–Crippen LogP) is 2.31. The van der Waals surface area contributed by atoms with Crippen LogP contribution in [-0.4, -0.2) is 15.2 Å². The van der Waals surface area contributed by atoms with Crippen molar-refractivity contribution in [3.63, 3.8) is 0 Å². The summed E-state index contributed by atoms with van der Waals surface area (Å²) in [6.45, 7) is 2.21. The van der Waals surface area contributed by atoms with Gasteiger partial charge in [-0.2, -0.15) is 4.98 Å². The van der Waals surface area contributed by atoms with Crippen molar-refractivity contribution >= 4 is 0 Å². The van der Waals surface area contributed by atoms with Crippen molar-refractivity contribution in [2.45, 2.75) is 26.4 Å². The van der Waals surface area contributed by atoms with Gasteiger partial charge in [-0.05, 0) is 18.6 Å². The number of hydrogen-bond acceptors (Lipinski definition) is 5. The highest BCUT2D eigenvalue weighted by Gasteiger charge is 2.07. The number of ether oxygens (including phenoxy) is 1. The van der Waals surface area contributed by atoms with E-state index < -0.39 is 0 Å². The first-order valence-electron chi connectivity index (χ1n) is 5.52. The zero-order valence-electron chi connectivity index (χ0n) is 9.59. The van der Waals surface area contributed by atoms with Crippen LogP contribution in [0.3, 0.4) is 0 Å². The third-order valence-corrected chi connectivity index (χ3v) is 2.20. The van der Waals surface area contributed by atoms with E-state index in [1.807, 2.05) is 0 Å². The van der Waals surface area contributed by atoms with Crippen LogP contribution in [0.15, 0.2) is 28.8 Å². The first-order valence-corrected chi connectivity index (χ1v) is 5.52. The second-order valence-corrected chi connectivity index (χ2v) is 3.61. The number of aromatic nitrogens is 2. The summed E-state index contributed by atoms with van der Waals surface area (Å²) < 4.78 is 10.4. The molecule has 1 heterocycles. The van der Waals surface area contributed by atoms with Gasteiger partial charge >= 0.3 is 0 Å². The van der Waals surface area contributed by atoms with E-state index in [4.69, 9.17) is 9.26 Å². The Morgan fingerprint density at radius 1 is 1.35 bits per heavy atom. The lowest BCUT2D eigenvalue weighted by Crippen LogP contribution is -1.96. The SMILES string of the molecule is CCCc1noc(COc2ccccc2O)n1.